The van der Waals surface area contributed by atoms with Crippen molar-refractivity contribution in [2.75, 3.05) is 5.32 Å². The van der Waals surface area contributed by atoms with Gasteiger partial charge in [-0.15, -0.1) is 0 Å². The monoisotopic (exact) mass is 258 g/mol. The van der Waals surface area contributed by atoms with E-state index in [1.54, 1.807) is 42.1 Å². The number of rotatable bonds is 2. The van der Waals surface area contributed by atoms with Crippen LogP contribution in [0.1, 0.15) is 10.5 Å². The number of aryl methyl sites for hydroxylation is 1. The van der Waals surface area contributed by atoms with Crippen LogP contribution in [0.15, 0.2) is 47.1 Å². The van der Waals surface area contributed by atoms with Gasteiger partial charge in [-0.2, -0.15) is 0 Å². The molecule has 0 saturated carbocycles. The maximum Gasteiger partial charge on any atom is 0.272 e. The lowest BCUT2D eigenvalue weighted by Gasteiger charge is -2.06. The van der Waals surface area contributed by atoms with Crippen LogP contribution < -0.4 is 5.32 Å². The number of nitrogens with one attached hydrogen (secondary N) is 1. The van der Waals surface area contributed by atoms with Crippen molar-refractivity contribution in [2.24, 2.45) is 7.05 Å². The Labute approximate surface area is 108 Å². The van der Waals surface area contributed by atoms with Crippen molar-refractivity contribution in [3.05, 3.63) is 54.2 Å². The molecule has 0 bridgehead atoms. The third kappa shape index (κ3) is 1.99. The minimum absolute atomic E-state index is 0.306. The van der Waals surface area contributed by atoms with Gasteiger partial charge < -0.3 is 14.3 Å². The van der Waals surface area contributed by atoms with Crippen molar-refractivity contribution in [3.63, 3.8) is 0 Å². The molecule has 0 aliphatic heterocycles. The molecule has 19 heavy (non-hydrogen) atoms. The van der Waals surface area contributed by atoms with Gasteiger partial charge in [-0.3, -0.25) is 4.79 Å². The van der Waals surface area contributed by atoms with Gasteiger partial charge in [0.1, 0.15) is 11.5 Å². The van der Waals surface area contributed by atoms with Gasteiger partial charge in [0.05, 0.1) is 11.8 Å². The number of furan rings is 1. The van der Waals surface area contributed by atoms with Crippen molar-refractivity contribution in [1.29, 1.82) is 0 Å². The Kier molecular flexibility index (Phi) is 2.59. The molecule has 1 N–H and O–H groups in total. The van der Waals surface area contributed by atoms with E-state index in [0.717, 1.165) is 5.52 Å². The fraction of sp³-hybridized carbons (Fsp3) is 0.0714. The summed E-state index contributed by atoms with van der Waals surface area (Å²) in [5.74, 6) is -0.696. The van der Waals surface area contributed by atoms with Crippen molar-refractivity contribution in [3.8, 4) is 0 Å². The highest BCUT2D eigenvalue weighted by molar-refractivity contribution is 6.05. The average Bonchev–Trinajstić information content (AvgIpc) is 2.93. The third-order valence-corrected chi connectivity index (χ3v) is 2.98. The molecule has 0 unspecified atom stereocenters. The van der Waals surface area contributed by atoms with Crippen LogP contribution in [0.3, 0.4) is 0 Å². The van der Waals surface area contributed by atoms with Gasteiger partial charge in [0.15, 0.2) is 5.58 Å². The maximum atomic E-state index is 13.0. The second-order valence-corrected chi connectivity index (χ2v) is 4.22. The zero-order valence-electron chi connectivity index (χ0n) is 10.2. The molecule has 3 rings (SSSR count). The summed E-state index contributed by atoms with van der Waals surface area (Å²) in [7, 11) is 1.78. The molecule has 0 spiro atoms. The quantitative estimate of drug-likeness (QED) is 0.767. The molecule has 1 aromatic carbocycles. The number of carbonyl (C=O) groups is 1. The van der Waals surface area contributed by atoms with Crippen LogP contribution in [0.25, 0.3) is 11.1 Å². The highest BCUT2D eigenvalue weighted by atomic mass is 19.1. The van der Waals surface area contributed by atoms with Crippen molar-refractivity contribution in [2.45, 2.75) is 0 Å². The van der Waals surface area contributed by atoms with Gasteiger partial charge in [-0.25, -0.2) is 4.39 Å². The van der Waals surface area contributed by atoms with E-state index in [0.29, 0.717) is 17.0 Å². The Morgan fingerprint density at radius 3 is 2.89 bits per heavy atom. The van der Waals surface area contributed by atoms with Gasteiger partial charge >= 0.3 is 0 Å². The number of aromatic nitrogens is 1. The fourth-order valence-electron chi connectivity index (χ4n) is 2.03. The van der Waals surface area contributed by atoms with Crippen LogP contribution in [0.5, 0.6) is 0 Å². The summed E-state index contributed by atoms with van der Waals surface area (Å²) in [5.41, 5.74) is 2.36. The van der Waals surface area contributed by atoms with Gasteiger partial charge in [0, 0.05) is 24.9 Å². The predicted octanol–water partition coefficient (Wildman–Crippen LogP) is 3.16. The summed E-state index contributed by atoms with van der Waals surface area (Å²) in [6.45, 7) is 0. The van der Waals surface area contributed by atoms with Crippen molar-refractivity contribution >= 4 is 22.7 Å². The number of halogens is 1. The van der Waals surface area contributed by atoms with Gasteiger partial charge in [0.2, 0.25) is 0 Å². The normalized spacial score (nSPS) is 10.8. The number of amides is 1. The van der Waals surface area contributed by atoms with Crippen LogP contribution in [0, 0.1) is 5.82 Å². The first-order valence-corrected chi connectivity index (χ1v) is 5.75. The van der Waals surface area contributed by atoms with E-state index in [1.165, 1.54) is 12.1 Å². The summed E-state index contributed by atoms with van der Waals surface area (Å²) < 4.78 is 20.0. The number of carbonyl (C=O) groups excluding carboxylic acids is 1. The van der Waals surface area contributed by atoms with E-state index in [2.05, 4.69) is 5.32 Å². The summed E-state index contributed by atoms with van der Waals surface area (Å²) in [4.78, 5) is 12.1. The van der Waals surface area contributed by atoms with Crippen LogP contribution in [-0.4, -0.2) is 10.5 Å². The number of hydrogen-bond donors (Lipinski definition) is 1. The molecular weight excluding hydrogens is 247 g/mol. The van der Waals surface area contributed by atoms with Gasteiger partial charge in [-0.05, 0) is 18.2 Å². The Hall–Kier alpha value is -2.56. The van der Waals surface area contributed by atoms with Crippen LogP contribution in [-0.2, 0) is 7.05 Å². The summed E-state index contributed by atoms with van der Waals surface area (Å²) in [6, 6.07) is 9.21. The first-order valence-electron chi connectivity index (χ1n) is 5.75. The number of anilines is 1. The highest BCUT2D eigenvalue weighted by Crippen LogP contribution is 2.20. The van der Waals surface area contributed by atoms with Crippen molar-refractivity contribution < 1.29 is 13.6 Å². The van der Waals surface area contributed by atoms with Crippen LogP contribution >= 0.6 is 0 Å². The van der Waals surface area contributed by atoms with E-state index in [9.17, 15) is 9.18 Å². The Morgan fingerprint density at radius 1 is 1.32 bits per heavy atom. The lowest BCUT2D eigenvalue weighted by molar-refractivity contribution is 0.101. The van der Waals surface area contributed by atoms with E-state index in [1.807, 2.05) is 0 Å². The zero-order chi connectivity index (χ0) is 13.4. The topological polar surface area (TPSA) is 47.2 Å². The molecule has 0 atom stereocenters. The fourth-order valence-corrected chi connectivity index (χ4v) is 2.03. The summed E-state index contributed by atoms with van der Waals surface area (Å²) in [6.07, 6.45) is 1.57. The minimum Gasteiger partial charge on any atom is -0.463 e. The number of hydrogen-bond acceptors (Lipinski definition) is 2. The van der Waals surface area contributed by atoms with Crippen LogP contribution in [0.4, 0.5) is 10.1 Å². The number of benzene rings is 1. The maximum absolute atomic E-state index is 13.0. The standard InChI is InChI=1S/C14H11FN2O2/c1-17-11-5-6-19-13(11)8-12(17)14(18)16-10-4-2-3-9(15)7-10/h2-8H,1H3,(H,16,18). The van der Waals surface area contributed by atoms with E-state index in [-0.39, 0.29) is 5.91 Å². The number of nitrogens with zero attached hydrogens (tertiary/aromatic N) is 1. The second-order valence-electron chi connectivity index (χ2n) is 4.22. The molecule has 1 amide bonds. The SMILES string of the molecule is Cn1c(C(=O)Nc2cccc(F)c2)cc2occc21. The first kappa shape index (κ1) is 11.5. The predicted molar refractivity (Wildman–Crippen MR) is 69.5 cm³/mol. The lowest BCUT2D eigenvalue weighted by Crippen LogP contribution is -2.15. The third-order valence-electron chi connectivity index (χ3n) is 2.98. The largest absolute Gasteiger partial charge is 0.463 e. The van der Waals surface area contributed by atoms with Gasteiger partial charge in [0.25, 0.3) is 5.91 Å². The molecule has 0 saturated heterocycles. The van der Waals surface area contributed by atoms with Crippen LogP contribution in [0.2, 0.25) is 0 Å². The molecule has 5 heteroatoms. The molecule has 2 heterocycles. The summed E-state index contributed by atoms with van der Waals surface area (Å²) in [5, 5.41) is 2.65. The molecule has 2 aromatic heterocycles. The minimum atomic E-state index is -0.390. The zero-order valence-corrected chi connectivity index (χ0v) is 10.2. The molecule has 96 valence electrons. The molecule has 3 aromatic rings. The molecule has 0 aliphatic rings. The lowest BCUT2D eigenvalue weighted by atomic mass is 10.3. The van der Waals surface area contributed by atoms with Gasteiger partial charge in [-0.1, -0.05) is 6.07 Å². The Balaban J connectivity index is 1.91. The molecule has 0 aliphatic carbocycles. The first-order chi connectivity index (χ1) is 9.15. The van der Waals surface area contributed by atoms with E-state index in [4.69, 9.17) is 4.42 Å². The highest BCUT2D eigenvalue weighted by Gasteiger charge is 2.15. The molecule has 4 nitrogen and oxygen atoms in total. The second kappa shape index (κ2) is 4.28. The molecule has 0 radical (unpaired) electrons. The number of fused-ring (bicyclic) bond motifs is 1. The smallest absolute Gasteiger partial charge is 0.272 e. The van der Waals surface area contributed by atoms with Crippen molar-refractivity contribution in [1.82, 2.24) is 4.57 Å². The Bertz CT molecular complexity index is 758. The van der Waals surface area contributed by atoms with E-state index < -0.39 is 5.82 Å². The molecule has 0 fully saturated rings. The van der Waals surface area contributed by atoms with E-state index >= 15 is 0 Å². The average molecular weight is 258 g/mol. The molecular formula is C14H11FN2O2. The summed E-state index contributed by atoms with van der Waals surface area (Å²) >= 11 is 0. The Morgan fingerprint density at radius 2 is 2.16 bits per heavy atom.